The van der Waals surface area contributed by atoms with Crippen molar-refractivity contribution in [2.45, 2.75) is 58.3 Å². The predicted molar refractivity (Wildman–Crippen MR) is 62.9 cm³/mol. The highest BCUT2D eigenvalue weighted by Gasteiger charge is 2.33. The molecule has 1 heterocycles. The Morgan fingerprint density at radius 1 is 1.41 bits per heavy atom. The van der Waals surface area contributed by atoms with E-state index in [1.807, 2.05) is 0 Å². The summed E-state index contributed by atoms with van der Waals surface area (Å²) in [5.41, 5.74) is 0.156. The third-order valence-corrected chi connectivity index (χ3v) is 3.54. The largest absolute Gasteiger partial charge is 0.390 e. The summed E-state index contributed by atoms with van der Waals surface area (Å²) in [5.74, 6) is 0. The van der Waals surface area contributed by atoms with Crippen LogP contribution in [0.2, 0.25) is 0 Å². The van der Waals surface area contributed by atoms with Gasteiger partial charge in [0.2, 0.25) is 0 Å². The Balaban J connectivity index is 2.34. The Kier molecular flexibility index (Phi) is 4.84. The molecule has 0 saturated carbocycles. The van der Waals surface area contributed by atoms with Gasteiger partial charge in [0.05, 0.1) is 6.42 Å². The maximum absolute atomic E-state index is 12.2. The number of nitrogens with one attached hydrogen (secondary N) is 2. The van der Waals surface area contributed by atoms with Gasteiger partial charge in [-0.3, -0.25) is 0 Å². The normalized spacial score (nSPS) is 26.8. The van der Waals surface area contributed by atoms with Crippen LogP contribution in [0.5, 0.6) is 0 Å². The maximum atomic E-state index is 12.2. The SMILES string of the molecule is CC(CC(F)(F)F)NCC1NCCCC1(C)C. The Hall–Kier alpha value is -0.290. The molecule has 0 aromatic rings. The van der Waals surface area contributed by atoms with Gasteiger partial charge in [-0.1, -0.05) is 13.8 Å². The summed E-state index contributed by atoms with van der Waals surface area (Å²) in [7, 11) is 0. The predicted octanol–water partition coefficient (Wildman–Crippen LogP) is 2.70. The van der Waals surface area contributed by atoms with E-state index in [0.29, 0.717) is 6.54 Å². The average molecular weight is 252 g/mol. The van der Waals surface area contributed by atoms with Gasteiger partial charge in [0.25, 0.3) is 0 Å². The molecule has 2 nitrogen and oxygen atoms in total. The van der Waals surface area contributed by atoms with Crippen molar-refractivity contribution in [1.82, 2.24) is 10.6 Å². The molecule has 1 fully saturated rings. The standard InChI is InChI=1S/C12H23F3N2/c1-9(7-12(13,14)15)17-8-10-11(2,3)5-4-6-16-10/h9-10,16-17H,4-8H2,1-3H3. The van der Waals surface area contributed by atoms with Crippen LogP contribution in [-0.2, 0) is 0 Å². The molecule has 2 N–H and O–H groups in total. The van der Waals surface area contributed by atoms with E-state index < -0.39 is 18.6 Å². The number of halogens is 3. The monoisotopic (exact) mass is 252 g/mol. The van der Waals surface area contributed by atoms with Gasteiger partial charge in [-0.2, -0.15) is 13.2 Å². The third-order valence-electron chi connectivity index (χ3n) is 3.54. The Bertz CT molecular complexity index is 238. The van der Waals surface area contributed by atoms with Crippen molar-refractivity contribution in [3.05, 3.63) is 0 Å². The Labute approximate surface area is 101 Å². The zero-order valence-electron chi connectivity index (χ0n) is 10.8. The fraction of sp³-hybridized carbons (Fsp3) is 1.00. The van der Waals surface area contributed by atoms with E-state index in [4.69, 9.17) is 0 Å². The quantitative estimate of drug-likeness (QED) is 0.804. The number of rotatable bonds is 4. The van der Waals surface area contributed by atoms with E-state index in [2.05, 4.69) is 24.5 Å². The maximum Gasteiger partial charge on any atom is 0.390 e. The minimum absolute atomic E-state index is 0.156. The van der Waals surface area contributed by atoms with Gasteiger partial charge in [-0.15, -0.1) is 0 Å². The van der Waals surface area contributed by atoms with Crippen LogP contribution in [0, 0.1) is 5.41 Å². The van der Waals surface area contributed by atoms with E-state index in [0.717, 1.165) is 19.4 Å². The molecule has 1 saturated heterocycles. The summed E-state index contributed by atoms with van der Waals surface area (Å²) < 4.78 is 36.5. The number of hydrogen-bond donors (Lipinski definition) is 2. The lowest BCUT2D eigenvalue weighted by molar-refractivity contribution is -0.139. The van der Waals surface area contributed by atoms with Gasteiger partial charge in [-0.05, 0) is 31.7 Å². The zero-order valence-corrected chi connectivity index (χ0v) is 10.8. The van der Waals surface area contributed by atoms with E-state index in [1.54, 1.807) is 6.92 Å². The Morgan fingerprint density at radius 2 is 2.06 bits per heavy atom. The first-order valence-corrected chi connectivity index (χ1v) is 6.24. The summed E-state index contributed by atoms with van der Waals surface area (Å²) in [6, 6.07) is -0.263. The van der Waals surface area contributed by atoms with Gasteiger partial charge >= 0.3 is 6.18 Å². The minimum atomic E-state index is -4.08. The minimum Gasteiger partial charge on any atom is -0.312 e. The van der Waals surface area contributed by atoms with Crippen molar-refractivity contribution in [3.63, 3.8) is 0 Å². The number of piperidine rings is 1. The molecular formula is C12H23F3N2. The van der Waals surface area contributed by atoms with Crippen LogP contribution in [0.4, 0.5) is 13.2 Å². The van der Waals surface area contributed by atoms with Crippen LogP contribution >= 0.6 is 0 Å². The van der Waals surface area contributed by atoms with Crippen LogP contribution < -0.4 is 10.6 Å². The second-order valence-electron chi connectivity index (χ2n) is 5.73. The first-order chi connectivity index (χ1) is 7.71. The lowest BCUT2D eigenvalue weighted by atomic mass is 9.77. The molecule has 0 aromatic carbocycles. The highest BCUT2D eigenvalue weighted by Crippen LogP contribution is 2.30. The van der Waals surface area contributed by atoms with Crippen molar-refractivity contribution >= 4 is 0 Å². The van der Waals surface area contributed by atoms with Crippen LogP contribution in [0.3, 0.4) is 0 Å². The molecule has 2 unspecified atom stereocenters. The zero-order chi connectivity index (χ0) is 13.1. The summed E-state index contributed by atoms with van der Waals surface area (Å²) in [5, 5.41) is 6.37. The molecule has 1 rings (SSSR count). The van der Waals surface area contributed by atoms with Crippen molar-refractivity contribution in [2.24, 2.45) is 5.41 Å². The van der Waals surface area contributed by atoms with E-state index in [-0.39, 0.29) is 11.5 Å². The molecule has 0 aliphatic carbocycles. The molecule has 0 radical (unpaired) electrons. The van der Waals surface area contributed by atoms with E-state index in [9.17, 15) is 13.2 Å². The van der Waals surface area contributed by atoms with Crippen molar-refractivity contribution in [3.8, 4) is 0 Å². The van der Waals surface area contributed by atoms with Gasteiger partial charge in [0.15, 0.2) is 0 Å². The molecule has 5 heteroatoms. The first kappa shape index (κ1) is 14.8. The summed E-state index contributed by atoms with van der Waals surface area (Å²) >= 11 is 0. The van der Waals surface area contributed by atoms with Crippen LogP contribution in [0.1, 0.15) is 40.0 Å². The van der Waals surface area contributed by atoms with Gasteiger partial charge in [0.1, 0.15) is 0 Å². The van der Waals surface area contributed by atoms with Gasteiger partial charge in [-0.25, -0.2) is 0 Å². The summed E-state index contributed by atoms with van der Waals surface area (Å²) in [6.07, 6.45) is -2.58. The average Bonchev–Trinajstić information content (AvgIpc) is 2.12. The van der Waals surface area contributed by atoms with Crippen LogP contribution in [0.25, 0.3) is 0 Å². The molecule has 0 amide bonds. The molecule has 17 heavy (non-hydrogen) atoms. The lowest BCUT2D eigenvalue weighted by Crippen LogP contribution is -2.53. The van der Waals surface area contributed by atoms with Crippen molar-refractivity contribution < 1.29 is 13.2 Å². The summed E-state index contributed by atoms with van der Waals surface area (Å²) in [4.78, 5) is 0. The highest BCUT2D eigenvalue weighted by atomic mass is 19.4. The summed E-state index contributed by atoms with van der Waals surface area (Å²) in [6.45, 7) is 7.48. The van der Waals surface area contributed by atoms with E-state index >= 15 is 0 Å². The Morgan fingerprint density at radius 3 is 2.59 bits per heavy atom. The van der Waals surface area contributed by atoms with Crippen molar-refractivity contribution in [1.29, 1.82) is 0 Å². The first-order valence-electron chi connectivity index (χ1n) is 6.24. The van der Waals surface area contributed by atoms with Crippen molar-refractivity contribution in [2.75, 3.05) is 13.1 Å². The number of hydrogen-bond acceptors (Lipinski definition) is 2. The van der Waals surface area contributed by atoms with Crippen LogP contribution in [0.15, 0.2) is 0 Å². The second kappa shape index (κ2) is 5.57. The molecule has 0 spiro atoms. The van der Waals surface area contributed by atoms with E-state index in [1.165, 1.54) is 0 Å². The number of alkyl halides is 3. The fourth-order valence-electron chi connectivity index (χ4n) is 2.36. The molecule has 1 aliphatic heterocycles. The highest BCUT2D eigenvalue weighted by molar-refractivity contribution is 4.90. The second-order valence-corrected chi connectivity index (χ2v) is 5.73. The molecular weight excluding hydrogens is 229 g/mol. The molecule has 0 bridgehead atoms. The lowest BCUT2D eigenvalue weighted by Gasteiger charge is -2.40. The van der Waals surface area contributed by atoms with Crippen LogP contribution in [-0.4, -0.2) is 31.3 Å². The topological polar surface area (TPSA) is 24.1 Å². The molecule has 1 aliphatic rings. The smallest absolute Gasteiger partial charge is 0.312 e. The molecule has 0 aromatic heterocycles. The third kappa shape index (κ3) is 5.25. The molecule has 2 atom stereocenters. The fourth-order valence-corrected chi connectivity index (χ4v) is 2.36. The molecule has 102 valence electrons. The van der Waals surface area contributed by atoms with Gasteiger partial charge < -0.3 is 10.6 Å². The van der Waals surface area contributed by atoms with Gasteiger partial charge in [0, 0.05) is 18.6 Å².